The molecule has 0 atom stereocenters. The molecule has 84 valence electrons. The van der Waals surface area contributed by atoms with Gasteiger partial charge in [0.2, 0.25) is 0 Å². The van der Waals surface area contributed by atoms with E-state index in [0.29, 0.717) is 12.1 Å². The molecule has 0 aliphatic rings. The van der Waals surface area contributed by atoms with Gasteiger partial charge in [-0.05, 0) is 35.0 Å². The monoisotopic (exact) mass is 299 g/mol. The van der Waals surface area contributed by atoms with Crippen molar-refractivity contribution >= 4 is 33.2 Å². The number of thiophene rings is 1. The molecule has 2 heterocycles. The Balaban J connectivity index is 1.93. The molecule has 2 aromatic rings. The van der Waals surface area contributed by atoms with Crippen molar-refractivity contribution in [3.05, 3.63) is 44.4 Å². The smallest absolute Gasteiger partial charge is 0.254 e. The number of furan rings is 1. The van der Waals surface area contributed by atoms with Crippen molar-refractivity contribution in [3.63, 3.8) is 0 Å². The highest BCUT2D eigenvalue weighted by Gasteiger charge is 2.08. The molecule has 2 aromatic heterocycles. The molecule has 0 saturated heterocycles. The standard InChI is InChI=1S/C11H10BrNO2S/c1-7-2-8(5-15-7)11(14)13-4-10-3-9(12)6-16-10/h2-3,5-6H,4H2,1H3,(H,13,14). The van der Waals surface area contributed by atoms with Gasteiger partial charge in [-0.15, -0.1) is 11.3 Å². The zero-order chi connectivity index (χ0) is 11.5. The first-order valence-corrected chi connectivity index (χ1v) is 6.38. The lowest BCUT2D eigenvalue weighted by Crippen LogP contribution is -2.21. The zero-order valence-electron chi connectivity index (χ0n) is 8.62. The fraction of sp³-hybridized carbons (Fsp3) is 0.182. The summed E-state index contributed by atoms with van der Waals surface area (Å²) in [7, 11) is 0. The molecule has 0 aliphatic carbocycles. The Morgan fingerprint density at radius 2 is 2.38 bits per heavy atom. The van der Waals surface area contributed by atoms with Crippen molar-refractivity contribution in [1.29, 1.82) is 0 Å². The first-order chi connectivity index (χ1) is 7.65. The van der Waals surface area contributed by atoms with Crippen LogP contribution in [-0.2, 0) is 6.54 Å². The van der Waals surface area contributed by atoms with Crippen LogP contribution in [0.5, 0.6) is 0 Å². The van der Waals surface area contributed by atoms with E-state index < -0.39 is 0 Å². The molecule has 0 spiro atoms. The summed E-state index contributed by atoms with van der Waals surface area (Å²) in [6, 6.07) is 3.71. The van der Waals surface area contributed by atoms with E-state index in [0.717, 1.165) is 15.1 Å². The number of hydrogen-bond donors (Lipinski definition) is 1. The number of nitrogens with one attached hydrogen (secondary N) is 1. The summed E-state index contributed by atoms with van der Waals surface area (Å²) in [5.74, 6) is 0.630. The van der Waals surface area contributed by atoms with Crippen molar-refractivity contribution in [2.75, 3.05) is 0 Å². The van der Waals surface area contributed by atoms with Crippen molar-refractivity contribution < 1.29 is 9.21 Å². The summed E-state index contributed by atoms with van der Waals surface area (Å²) in [6.07, 6.45) is 1.47. The maximum absolute atomic E-state index is 11.7. The van der Waals surface area contributed by atoms with E-state index in [4.69, 9.17) is 4.42 Å². The Morgan fingerprint density at radius 1 is 1.56 bits per heavy atom. The molecule has 16 heavy (non-hydrogen) atoms. The van der Waals surface area contributed by atoms with E-state index in [9.17, 15) is 4.79 Å². The summed E-state index contributed by atoms with van der Waals surface area (Å²) < 4.78 is 6.12. The van der Waals surface area contributed by atoms with Gasteiger partial charge < -0.3 is 9.73 Å². The summed E-state index contributed by atoms with van der Waals surface area (Å²) in [5.41, 5.74) is 0.563. The maximum atomic E-state index is 11.7. The minimum Gasteiger partial charge on any atom is -0.469 e. The Kier molecular flexibility index (Phi) is 3.46. The van der Waals surface area contributed by atoms with Gasteiger partial charge in [0, 0.05) is 14.7 Å². The third-order valence-electron chi connectivity index (χ3n) is 2.04. The minimum atomic E-state index is -0.110. The van der Waals surface area contributed by atoms with E-state index in [1.54, 1.807) is 17.4 Å². The van der Waals surface area contributed by atoms with E-state index >= 15 is 0 Å². The van der Waals surface area contributed by atoms with Gasteiger partial charge in [0.15, 0.2) is 0 Å². The van der Waals surface area contributed by atoms with Gasteiger partial charge in [0.1, 0.15) is 12.0 Å². The number of carbonyl (C=O) groups is 1. The van der Waals surface area contributed by atoms with Gasteiger partial charge in [-0.2, -0.15) is 0 Å². The second-order valence-electron chi connectivity index (χ2n) is 3.36. The van der Waals surface area contributed by atoms with Gasteiger partial charge in [-0.3, -0.25) is 4.79 Å². The van der Waals surface area contributed by atoms with Crippen molar-refractivity contribution in [1.82, 2.24) is 5.32 Å². The molecule has 0 unspecified atom stereocenters. The maximum Gasteiger partial charge on any atom is 0.254 e. The Morgan fingerprint density at radius 3 is 2.94 bits per heavy atom. The number of aryl methyl sites for hydroxylation is 1. The fourth-order valence-corrected chi connectivity index (χ4v) is 2.67. The molecule has 0 saturated carbocycles. The quantitative estimate of drug-likeness (QED) is 0.944. The summed E-state index contributed by atoms with van der Waals surface area (Å²) >= 11 is 4.98. The lowest BCUT2D eigenvalue weighted by Gasteiger charge is -2.00. The lowest BCUT2D eigenvalue weighted by molar-refractivity contribution is 0.0950. The molecule has 2 rings (SSSR count). The Hall–Kier alpha value is -1.07. The number of carbonyl (C=O) groups excluding carboxylic acids is 1. The molecule has 3 nitrogen and oxygen atoms in total. The lowest BCUT2D eigenvalue weighted by atomic mass is 10.3. The van der Waals surface area contributed by atoms with Crippen molar-refractivity contribution in [3.8, 4) is 0 Å². The summed E-state index contributed by atoms with van der Waals surface area (Å²) in [6.45, 7) is 2.35. The van der Waals surface area contributed by atoms with Crippen LogP contribution in [0, 0.1) is 6.92 Å². The molecule has 0 radical (unpaired) electrons. The molecular formula is C11H10BrNO2S. The van der Waals surface area contributed by atoms with Crippen LogP contribution in [0.25, 0.3) is 0 Å². The average Bonchev–Trinajstić information content (AvgIpc) is 2.84. The SMILES string of the molecule is Cc1cc(C(=O)NCc2cc(Br)cs2)co1. The van der Waals surface area contributed by atoms with Crippen LogP contribution in [-0.4, -0.2) is 5.91 Å². The Labute approximate surface area is 106 Å². The third-order valence-corrected chi connectivity index (χ3v) is 3.74. The van der Waals surface area contributed by atoms with Gasteiger partial charge in [0.05, 0.1) is 12.1 Å². The van der Waals surface area contributed by atoms with Gasteiger partial charge in [0.25, 0.3) is 5.91 Å². The summed E-state index contributed by atoms with van der Waals surface area (Å²) in [4.78, 5) is 12.8. The highest BCUT2D eigenvalue weighted by Crippen LogP contribution is 2.19. The summed E-state index contributed by atoms with van der Waals surface area (Å²) in [5, 5.41) is 4.82. The van der Waals surface area contributed by atoms with E-state index in [-0.39, 0.29) is 5.91 Å². The van der Waals surface area contributed by atoms with Crippen LogP contribution in [0.15, 0.2) is 32.7 Å². The second kappa shape index (κ2) is 4.84. The molecular weight excluding hydrogens is 290 g/mol. The first kappa shape index (κ1) is 11.4. The van der Waals surface area contributed by atoms with Crippen LogP contribution in [0.4, 0.5) is 0 Å². The first-order valence-electron chi connectivity index (χ1n) is 4.71. The predicted octanol–water partition coefficient (Wildman–Crippen LogP) is 3.34. The van der Waals surface area contributed by atoms with Crippen LogP contribution < -0.4 is 5.32 Å². The third kappa shape index (κ3) is 2.74. The van der Waals surface area contributed by atoms with Crippen LogP contribution in [0.2, 0.25) is 0 Å². The molecule has 1 amide bonds. The number of hydrogen-bond acceptors (Lipinski definition) is 3. The number of halogens is 1. The van der Waals surface area contributed by atoms with Crippen molar-refractivity contribution in [2.45, 2.75) is 13.5 Å². The zero-order valence-corrected chi connectivity index (χ0v) is 11.0. The second-order valence-corrected chi connectivity index (χ2v) is 5.27. The van der Waals surface area contributed by atoms with Gasteiger partial charge in [-0.1, -0.05) is 0 Å². The van der Waals surface area contributed by atoms with Crippen LogP contribution in [0.3, 0.4) is 0 Å². The molecule has 0 aromatic carbocycles. The molecule has 0 aliphatic heterocycles. The van der Waals surface area contributed by atoms with Gasteiger partial charge >= 0.3 is 0 Å². The van der Waals surface area contributed by atoms with Gasteiger partial charge in [-0.25, -0.2) is 0 Å². The predicted molar refractivity (Wildman–Crippen MR) is 66.6 cm³/mol. The molecule has 0 fully saturated rings. The Bertz CT molecular complexity index is 504. The van der Waals surface area contributed by atoms with E-state index in [1.807, 2.05) is 18.4 Å². The van der Waals surface area contributed by atoms with Crippen LogP contribution in [0.1, 0.15) is 21.0 Å². The van der Waals surface area contributed by atoms with Crippen LogP contribution >= 0.6 is 27.3 Å². The average molecular weight is 300 g/mol. The highest BCUT2D eigenvalue weighted by atomic mass is 79.9. The number of amides is 1. The molecule has 5 heteroatoms. The fourth-order valence-electron chi connectivity index (χ4n) is 1.28. The highest BCUT2D eigenvalue weighted by molar-refractivity contribution is 9.10. The largest absolute Gasteiger partial charge is 0.469 e. The molecule has 1 N–H and O–H groups in total. The van der Waals surface area contributed by atoms with E-state index in [2.05, 4.69) is 21.2 Å². The topological polar surface area (TPSA) is 42.2 Å². The number of rotatable bonds is 3. The van der Waals surface area contributed by atoms with Crippen molar-refractivity contribution in [2.24, 2.45) is 0 Å². The minimum absolute atomic E-state index is 0.110. The molecule has 0 bridgehead atoms. The van der Waals surface area contributed by atoms with E-state index in [1.165, 1.54) is 6.26 Å². The normalized spacial score (nSPS) is 10.4.